The summed E-state index contributed by atoms with van der Waals surface area (Å²) < 4.78 is 57.9. The van der Waals surface area contributed by atoms with Crippen molar-refractivity contribution >= 4 is 7.82 Å². The van der Waals surface area contributed by atoms with Gasteiger partial charge >= 0.3 is 13.9 Å². The van der Waals surface area contributed by atoms with Gasteiger partial charge in [-0.15, -0.1) is 0 Å². The van der Waals surface area contributed by atoms with E-state index >= 15 is 0 Å². The van der Waals surface area contributed by atoms with Crippen molar-refractivity contribution < 1.29 is 31.3 Å². The van der Waals surface area contributed by atoms with E-state index in [-0.39, 0.29) is 0 Å². The molecule has 0 aromatic rings. The molecule has 0 rings (SSSR count). The zero-order valence-corrected chi connectivity index (χ0v) is 7.32. The highest BCUT2D eigenvalue weighted by Crippen LogP contribution is 2.51. The molecule has 0 heterocycles. The van der Waals surface area contributed by atoms with Crippen LogP contribution in [-0.4, -0.2) is 27.0 Å². The Morgan fingerprint density at radius 1 is 1.33 bits per heavy atom. The molecule has 0 atom stereocenters. The third kappa shape index (κ3) is 3.53. The molecule has 74 valence electrons. The molecule has 0 N–H and O–H groups in total. The summed E-state index contributed by atoms with van der Waals surface area (Å²) in [6.07, 6.45) is -4.15. The van der Waals surface area contributed by atoms with Gasteiger partial charge in [-0.25, -0.2) is 13.5 Å². The zero-order valence-electron chi connectivity index (χ0n) is 6.42. The van der Waals surface area contributed by atoms with Gasteiger partial charge in [-0.1, -0.05) is 0 Å². The molecule has 0 bridgehead atoms. The van der Waals surface area contributed by atoms with Crippen LogP contribution in [0.2, 0.25) is 0 Å². The monoisotopic (exact) mass is 208 g/mol. The van der Waals surface area contributed by atoms with Gasteiger partial charge in [0.05, 0.1) is 0 Å². The lowest BCUT2D eigenvalue weighted by atomic mass is 10.7. The van der Waals surface area contributed by atoms with E-state index in [4.69, 9.17) is 0 Å². The molecule has 0 aromatic carbocycles. The second kappa shape index (κ2) is 4.23. The number of phosphoric ester groups is 1. The van der Waals surface area contributed by atoms with Gasteiger partial charge in [-0.2, -0.15) is 8.78 Å². The summed E-state index contributed by atoms with van der Waals surface area (Å²) in [6, 6.07) is 0. The smallest absolute Gasteiger partial charge is 0.290 e. The molecule has 0 spiro atoms. The highest BCUT2D eigenvalue weighted by atomic mass is 31.2. The molecule has 8 heteroatoms. The minimum absolute atomic E-state index is 0.846. The molecule has 0 saturated heterocycles. The topological polar surface area (TPSA) is 44.8 Å². The van der Waals surface area contributed by atoms with Crippen LogP contribution >= 0.6 is 7.82 Å². The van der Waals surface area contributed by atoms with E-state index in [1.54, 1.807) is 0 Å². The van der Waals surface area contributed by atoms with Crippen molar-refractivity contribution in [2.45, 2.75) is 6.11 Å². The number of halogens is 3. The molecule has 0 aliphatic carbocycles. The third-order valence-electron chi connectivity index (χ3n) is 0.848. The maximum absolute atomic E-state index is 12.1. The summed E-state index contributed by atoms with van der Waals surface area (Å²) in [4.78, 5) is 0. The fraction of sp³-hybridized carbons (Fsp3) is 1.00. The molecule has 0 fully saturated rings. The highest BCUT2D eigenvalue weighted by molar-refractivity contribution is 7.48. The van der Waals surface area contributed by atoms with Gasteiger partial charge in [0.1, 0.15) is 0 Å². The van der Waals surface area contributed by atoms with Crippen LogP contribution < -0.4 is 0 Å². The number of rotatable bonds is 5. The summed E-state index contributed by atoms with van der Waals surface area (Å²) in [5, 5.41) is 0. The minimum Gasteiger partial charge on any atom is -0.290 e. The van der Waals surface area contributed by atoms with Gasteiger partial charge in [0.25, 0.3) is 0 Å². The average Bonchev–Trinajstić information content (AvgIpc) is 2.04. The SMILES string of the molecule is COP(=O)(OC)OC(F)(F)CF. The maximum Gasteiger partial charge on any atom is 0.479 e. The van der Waals surface area contributed by atoms with Crippen molar-refractivity contribution in [3.8, 4) is 0 Å². The lowest BCUT2D eigenvalue weighted by Crippen LogP contribution is -2.22. The summed E-state index contributed by atoms with van der Waals surface area (Å²) >= 11 is 0. The van der Waals surface area contributed by atoms with Gasteiger partial charge in [0.2, 0.25) is 0 Å². The molecule has 0 aromatic heterocycles. The Kier molecular flexibility index (Phi) is 4.19. The number of hydrogen-bond donors (Lipinski definition) is 0. The Hall–Kier alpha value is -0.100. The van der Waals surface area contributed by atoms with E-state index in [1.807, 2.05) is 0 Å². The first-order valence-electron chi connectivity index (χ1n) is 2.75. The third-order valence-corrected chi connectivity index (χ3v) is 2.23. The molecule has 4 nitrogen and oxygen atoms in total. The fourth-order valence-electron chi connectivity index (χ4n) is 0.337. The van der Waals surface area contributed by atoms with Crippen LogP contribution in [0.4, 0.5) is 13.2 Å². The molecular formula is C4H8F3O4P. The molecule has 0 radical (unpaired) electrons. The molecular weight excluding hydrogens is 200 g/mol. The van der Waals surface area contributed by atoms with Crippen molar-refractivity contribution in [2.75, 3.05) is 20.9 Å². The average molecular weight is 208 g/mol. The van der Waals surface area contributed by atoms with Crippen LogP contribution in [0.5, 0.6) is 0 Å². The Labute approximate surface area is 67.2 Å². The molecule has 0 unspecified atom stereocenters. The standard InChI is InChI=1S/C4H8F3O4P/c1-9-12(8,10-2)11-4(6,7)3-5/h3H2,1-2H3. The van der Waals surface area contributed by atoms with Crippen LogP contribution in [0.25, 0.3) is 0 Å². The van der Waals surface area contributed by atoms with E-state index in [0.717, 1.165) is 14.2 Å². The van der Waals surface area contributed by atoms with Gasteiger partial charge in [0.15, 0.2) is 6.67 Å². The summed E-state index contributed by atoms with van der Waals surface area (Å²) in [5.41, 5.74) is 0. The second-order valence-electron chi connectivity index (χ2n) is 1.67. The predicted octanol–water partition coefficient (Wildman–Crippen LogP) is 1.97. The first-order chi connectivity index (χ1) is 5.39. The first kappa shape index (κ1) is 11.9. The number of hydrogen-bond acceptors (Lipinski definition) is 4. The van der Waals surface area contributed by atoms with Crippen molar-refractivity contribution in [3.63, 3.8) is 0 Å². The van der Waals surface area contributed by atoms with Gasteiger partial charge in [-0.05, 0) is 0 Å². The lowest BCUT2D eigenvalue weighted by Gasteiger charge is -2.18. The van der Waals surface area contributed by atoms with Crippen molar-refractivity contribution in [1.29, 1.82) is 0 Å². The lowest BCUT2D eigenvalue weighted by molar-refractivity contribution is -0.198. The maximum atomic E-state index is 12.1. The van der Waals surface area contributed by atoms with E-state index < -0.39 is 20.6 Å². The van der Waals surface area contributed by atoms with Crippen LogP contribution in [-0.2, 0) is 18.1 Å². The Balaban J connectivity index is 4.31. The Bertz CT molecular complexity index is 177. The number of alkyl halides is 3. The van der Waals surface area contributed by atoms with Crippen LogP contribution in [0.1, 0.15) is 0 Å². The zero-order chi connectivity index (χ0) is 9.83. The Morgan fingerprint density at radius 3 is 2.00 bits per heavy atom. The summed E-state index contributed by atoms with van der Waals surface area (Å²) in [6.45, 7) is -2.09. The predicted molar refractivity (Wildman–Crippen MR) is 33.6 cm³/mol. The van der Waals surface area contributed by atoms with E-state index in [2.05, 4.69) is 13.6 Å². The van der Waals surface area contributed by atoms with Crippen LogP contribution in [0.15, 0.2) is 0 Å². The normalized spacial score (nSPS) is 13.4. The highest BCUT2D eigenvalue weighted by Gasteiger charge is 2.41. The van der Waals surface area contributed by atoms with E-state index in [0.29, 0.717) is 0 Å². The fourth-order valence-corrected chi connectivity index (χ4v) is 1.01. The van der Waals surface area contributed by atoms with Gasteiger partial charge in [-0.3, -0.25) is 9.05 Å². The quantitative estimate of drug-likeness (QED) is 0.648. The van der Waals surface area contributed by atoms with Crippen molar-refractivity contribution in [3.05, 3.63) is 0 Å². The number of phosphoric acid groups is 1. The van der Waals surface area contributed by atoms with E-state index in [9.17, 15) is 17.7 Å². The molecule has 0 saturated carbocycles. The van der Waals surface area contributed by atoms with Crippen molar-refractivity contribution in [1.82, 2.24) is 0 Å². The van der Waals surface area contributed by atoms with Crippen molar-refractivity contribution in [2.24, 2.45) is 0 Å². The van der Waals surface area contributed by atoms with Gasteiger partial charge < -0.3 is 0 Å². The second-order valence-corrected chi connectivity index (χ2v) is 3.48. The van der Waals surface area contributed by atoms with Crippen LogP contribution in [0, 0.1) is 0 Å². The largest absolute Gasteiger partial charge is 0.479 e. The minimum atomic E-state index is -4.31. The summed E-state index contributed by atoms with van der Waals surface area (Å²) in [7, 11) is -2.62. The molecule has 0 aliphatic rings. The molecule has 0 amide bonds. The van der Waals surface area contributed by atoms with E-state index in [1.165, 1.54) is 0 Å². The molecule has 0 aliphatic heterocycles. The first-order valence-corrected chi connectivity index (χ1v) is 4.21. The van der Waals surface area contributed by atoms with Gasteiger partial charge in [0, 0.05) is 14.2 Å². The Morgan fingerprint density at radius 2 is 1.75 bits per heavy atom. The molecule has 12 heavy (non-hydrogen) atoms. The summed E-state index contributed by atoms with van der Waals surface area (Å²) in [5.74, 6) is 0. The van der Waals surface area contributed by atoms with Crippen LogP contribution in [0.3, 0.4) is 0 Å².